The van der Waals surface area contributed by atoms with Crippen molar-refractivity contribution in [2.24, 2.45) is 5.92 Å². The van der Waals surface area contributed by atoms with Gasteiger partial charge in [0.05, 0.1) is 19.5 Å². The Morgan fingerprint density at radius 2 is 1.75 bits per heavy atom. The monoisotopic (exact) mass is 294 g/mol. The molecule has 0 amide bonds. The molecule has 0 aromatic heterocycles. The van der Waals surface area contributed by atoms with Crippen LogP contribution in [0.5, 0.6) is 5.75 Å². The minimum atomic E-state index is -3.39. The van der Waals surface area contributed by atoms with Gasteiger partial charge in [-0.2, -0.15) is 8.42 Å². The molecule has 0 aliphatic carbocycles. The smallest absolute Gasteiger partial charge is 0.264 e. The van der Waals surface area contributed by atoms with Gasteiger partial charge in [-0.25, -0.2) is 0 Å². The van der Waals surface area contributed by atoms with Gasteiger partial charge in [0, 0.05) is 5.92 Å². The maximum absolute atomic E-state index is 10.9. The summed E-state index contributed by atoms with van der Waals surface area (Å²) in [6, 6.07) is 13.9. The molecule has 0 spiro atoms. The second-order valence-electron chi connectivity index (χ2n) is 4.91. The number of hydrogen-bond acceptors (Lipinski definition) is 4. The zero-order valence-corrected chi connectivity index (χ0v) is 12.4. The molecule has 0 aliphatic rings. The Morgan fingerprint density at radius 3 is 2.45 bits per heavy atom. The summed E-state index contributed by atoms with van der Waals surface area (Å²) in [5.41, 5.74) is 0. The molecule has 2 aromatic carbocycles. The van der Waals surface area contributed by atoms with Crippen LogP contribution in [0.2, 0.25) is 0 Å². The summed E-state index contributed by atoms with van der Waals surface area (Å²) in [6.07, 6.45) is 1.05. The number of hydrogen-bond donors (Lipinski definition) is 0. The van der Waals surface area contributed by atoms with E-state index in [1.165, 1.54) is 0 Å². The summed E-state index contributed by atoms with van der Waals surface area (Å²) in [7, 11) is -3.39. The van der Waals surface area contributed by atoms with Crippen LogP contribution in [0.4, 0.5) is 0 Å². The third-order valence-electron chi connectivity index (χ3n) is 2.82. The number of benzene rings is 2. The van der Waals surface area contributed by atoms with Gasteiger partial charge < -0.3 is 4.74 Å². The quantitative estimate of drug-likeness (QED) is 0.769. The SMILES string of the molecule is CC(COc1ccc2ccccc2c1)COS(C)(=O)=O. The lowest BCUT2D eigenvalue weighted by molar-refractivity contribution is 0.193. The Balaban J connectivity index is 1.92. The van der Waals surface area contributed by atoms with Crippen LogP contribution >= 0.6 is 0 Å². The molecule has 1 unspecified atom stereocenters. The third-order valence-corrected chi connectivity index (χ3v) is 3.39. The van der Waals surface area contributed by atoms with E-state index in [4.69, 9.17) is 8.92 Å². The van der Waals surface area contributed by atoms with Crippen LogP contribution in [-0.2, 0) is 14.3 Å². The molecule has 0 radical (unpaired) electrons. The fourth-order valence-corrected chi connectivity index (χ4v) is 2.26. The topological polar surface area (TPSA) is 52.6 Å². The van der Waals surface area contributed by atoms with Crippen molar-refractivity contribution in [3.8, 4) is 5.75 Å². The fourth-order valence-electron chi connectivity index (χ4n) is 1.78. The van der Waals surface area contributed by atoms with Crippen molar-refractivity contribution in [1.29, 1.82) is 0 Å². The van der Waals surface area contributed by atoms with Crippen molar-refractivity contribution < 1.29 is 17.3 Å². The lowest BCUT2D eigenvalue weighted by Crippen LogP contribution is -2.17. The molecular formula is C15H18O4S. The number of ether oxygens (including phenoxy) is 1. The lowest BCUT2D eigenvalue weighted by atomic mass is 10.1. The normalized spacial score (nSPS) is 13.3. The van der Waals surface area contributed by atoms with Crippen LogP contribution in [0.15, 0.2) is 42.5 Å². The van der Waals surface area contributed by atoms with Gasteiger partial charge >= 0.3 is 0 Å². The van der Waals surface area contributed by atoms with E-state index in [1.54, 1.807) is 0 Å². The predicted octanol–water partition coefficient (Wildman–Crippen LogP) is 2.83. The summed E-state index contributed by atoms with van der Waals surface area (Å²) in [4.78, 5) is 0. The van der Waals surface area contributed by atoms with E-state index in [0.717, 1.165) is 22.8 Å². The molecule has 5 heteroatoms. The third kappa shape index (κ3) is 4.51. The minimum absolute atomic E-state index is 0.00352. The van der Waals surface area contributed by atoms with Gasteiger partial charge in [0.1, 0.15) is 5.75 Å². The van der Waals surface area contributed by atoms with Crippen molar-refractivity contribution in [1.82, 2.24) is 0 Å². The molecule has 0 heterocycles. The van der Waals surface area contributed by atoms with E-state index in [0.29, 0.717) is 6.61 Å². The molecule has 0 N–H and O–H groups in total. The van der Waals surface area contributed by atoms with Gasteiger partial charge in [0.25, 0.3) is 10.1 Å². The second kappa shape index (κ2) is 6.24. The van der Waals surface area contributed by atoms with Crippen LogP contribution in [0.3, 0.4) is 0 Å². The van der Waals surface area contributed by atoms with Crippen molar-refractivity contribution in [3.63, 3.8) is 0 Å². The van der Waals surface area contributed by atoms with E-state index in [1.807, 2.05) is 49.4 Å². The maximum Gasteiger partial charge on any atom is 0.264 e. The van der Waals surface area contributed by atoms with E-state index in [2.05, 4.69) is 0 Å². The number of fused-ring (bicyclic) bond motifs is 1. The summed E-state index contributed by atoms with van der Waals surface area (Å²) in [6.45, 7) is 2.42. The van der Waals surface area contributed by atoms with Gasteiger partial charge in [0.15, 0.2) is 0 Å². The average molecular weight is 294 g/mol. The zero-order chi connectivity index (χ0) is 14.6. The molecular weight excluding hydrogens is 276 g/mol. The highest BCUT2D eigenvalue weighted by atomic mass is 32.2. The molecule has 0 saturated carbocycles. The first-order valence-electron chi connectivity index (χ1n) is 6.40. The molecule has 2 aromatic rings. The van der Waals surface area contributed by atoms with Gasteiger partial charge in [-0.3, -0.25) is 4.18 Å². The van der Waals surface area contributed by atoms with Crippen molar-refractivity contribution >= 4 is 20.9 Å². The fraction of sp³-hybridized carbons (Fsp3) is 0.333. The lowest BCUT2D eigenvalue weighted by Gasteiger charge is -2.13. The Morgan fingerprint density at radius 1 is 1.05 bits per heavy atom. The summed E-state index contributed by atoms with van der Waals surface area (Å²) < 4.78 is 32.2. The molecule has 108 valence electrons. The Labute approximate surface area is 119 Å². The van der Waals surface area contributed by atoms with Crippen LogP contribution in [0, 0.1) is 5.92 Å². The summed E-state index contributed by atoms with van der Waals surface area (Å²) in [5.74, 6) is 0.770. The highest BCUT2D eigenvalue weighted by Gasteiger charge is 2.08. The standard InChI is InChI=1S/C15H18O4S/c1-12(11-19-20(2,16)17)10-18-15-8-7-13-5-3-4-6-14(13)9-15/h3-9,12H,10-11H2,1-2H3. The molecule has 0 aliphatic heterocycles. The Kier molecular flexibility index (Phi) is 4.62. The molecule has 20 heavy (non-hydrogen) atoms. The first kappa shape index (κ1) is 14.8. The minimum Gasteiger partial charge on any atom is -0.493 e. The first-order valence-corrected chi connectivity index (χ1v) is 8.22. The van der Waals surface area contributed by atoms with E-state index < -0.39 is 10.1 Å². The largest absolute Gasteiger partial charge is 0.493 e. The average Bonchev–Trinajstić information content (AvgIpc) is 2.42. The van der Waals surface area contributed by atoms with Gasteiger partial charge in [-0.15, -0.1) is 0 Å². The van der Waals surface area contributed by atoms with E-state index in [9.17, 15) is 8.42 Å². The molecule has 0 fully saturated rings. The molecule has 4 nitrogen and oxygen atoms in total. The molecule has 0 saturated heterocycles. The van der Waals surface area contributed by atoms with Crippen LogP contribution in [0.1, 0.15) is 6.92 Å². The zero-order valence-electron chi connectivity index (χ0n) is 11.6. The second-order valence-corrected chi connectivity index (χ2v) is 6.56. The molecule has 0 bridgehead atoms. The van der Waals surface area contributed by atoms with Crippen molar-refractivity contribution in [3.05, 3.63) is 42.5 Å². The molecule has 2 rings (SSSR count). The summed E-state index contributed by atoms with van der Waals surface area (Å²) >= 11 is 0. The number of rotatable bonds is 6. The van der Waals surface area contributed by atoms with E-state index in [-0.39, 0.29) is 12.5 Å². The highest BCUT2D eigenvalue weighted by molar-refractivity contribution is 7.85. The van der Waals surface area contributed by atoms with Crippen molar-refractivity contribution in [2.45, 2.75) is 6.92 Å². The molecule has 1 atom stereocenters. The predicted molar refractivity (Wildman–Crippen MR) is 79.4 cm³/mol. The maximum atomic E-state index is 10.9. The van der Waals surface area contributed by atoms with Crippen LogP contribution in [-0.4, -0.2) is 27.9 Å². The van der Waals surface area contributed by atoms with E-state index >= 15 is 0 Å². The first-order chi connectivity index (χ1) is 9.44. The summed E-state index contributed by atoms with van der Waals surface area (Å²) in [5, 5.41) is 2.28. The van der Waals surface area contributed by atoms with Crippen molar-refractivity contribution in [2.75, 3.05) is 19.5 Å². The van der Waals surface area contributed by atoms with Crippen LogP contribution < -0.4 is 4.74 Å². The Hall–Kier alpha value is -1.59. The van der Waals surface area contributed by atoms with Gasteiger partial charge in [0.2, 0.25) is 0 Å². The van der Waals surface area contributed by atoms with Gasteiger partial charge in [-0.05, 0) is 22.9 Å². The highest BCUT2D eigenvalue weighted by Crippen LogP contribution is 2.21. The van der Waals surface area contributed by atoms with Gasteiger partial charge in [-0.1, -0.05) is 37.3 Å². The van der Waals surface area contributed by atoms with Crippen LogP contribution in [0.25, 0.3) is 10.8 Å². The Bertz CT molecular complexity index is 679.